The van der Waals surface area contributed by atoms with Crippen LogP contribution in [0.1, 0.15) is 43.5 Å². The van der Waals surface area contributed by atoms with Gasteiger partial charge in [0.2, 0.25) is 0 Å². The monoisotopic (exact) mass is 249 g/mol. The second-order valence-electron chi connectivity index (χ2n) is 5.53. The summed E-state index contributed by atoms with van der Waals surface area (Å²) in [6.07, 6.45) is 2.84. The molecule has 0 bridgehead atoms. The summed E-state index contributed by atoms with van der Waals surface area (Å²) in [5.74, 6) is 0.713. The van der Waals surface area contributed by atoms with Crippen LogP contribution in [0.2, 0.25) is 0 Å². The Balaban J connectivity index is 2.19. The highest BCUT2D eigenvalue weighted by atomic mass is 19.1. The molecule has 0 aliphatic heterocycles. The van der Waals surface area contributed by atoms with Crippen LogP contribution in [0.3, 0.4) is 0 Å². The van der Waals surface area contributed by atoms with Crippen LogP contribution in [0.5, 0.6) is 0 Å². The summed E-state index contributed by atoms with van der Waals surface area (Å²) in [5, 5.41) is 0. The summed E-state index contributed by atoms with van der Waals surface area (Å²) in [6.45, 7) is 4.40. The number of carbonyl (C=O) groups excluding carboxylic acids is 1. The third kappa shape index (κ3) is 2.40. The number of rotatable bonds is 2. The van der Waals surface area contributed by atoms with E-state index in [2.05, 4.69) is 13.8 Å². The molecular formula is C15H20FNO. The molecular weight excluding hydrogens is 229 g/mol. The number of nitrogens with two attached hydrogens (primary N) is 1. The molecule has 1 fully saturated rings. The second kappa shape index (κ2) is 5.09. The smallest absolute Gasteiger partial charge is 0.168 e. The van der Waals surface area contributed by atoms with Crippen LogP contribution >= 0.6 is 0 Å². The van der Waals surface area contributed by atoms with Crippen LogP contribution in [-0.2, 0) is 0 Å². The predicted molar refractivity (Wildman–Crippen MR) is 70.8 cm³/mol. The van der Waals surface area contributed by atoms with E-state index in [1.54, 1.807) is 12.1 Å². The van der Waals surface area contributed by atoms with Crippen LogP contribution in [0.25, 0.3) is 0 Å². The van der Waals surface area contributed by atoms with Crippen LogP contribution in [-0.4, -0.2) is 5.78 Å². The molecule has 0 heterocycles. The molecule has 3 heteroatoms. The van der Waals surface area contributed by atoms with Crippen molar-refractivity contribution >= 4 is 11.5 Å². The van der Waals surface area contributed by atoms with E-state index in [4.69, 9.17) is 5.73 Å². The highest BCUT2D eigenvalue weighted by molar-refractivity contribution is 6.02. The van der Waals surface area contributed by atoms with Gasteiger partial charge in [-0.2, -0.15) is 0 Å². The van der Waals surface area contributed by atoms with E-state index in [-0.39, 0.29) is 17.4 Å². The number of para-hydroxylation sites is 1. The Hall–Kier alpha value is -1.38. The molecule has 0 radical (unpaired) electrons. The number of hydrogen-bond acceptors (Lipinski definition) is 2. The fraction of sp³-hybridized carbons (Fsp3) is 0.533. The molecule has 2 N–H and O–H groups in total. The minimum Gasteiger partial charge on any atom is -0.396 e. The van der Waals surface area contributed by atoms with E-state index in [0.717, 1.165) is 19.3 Å². The molecule has 0 spiro atoms. The Labute approximate surface area is 107 Å². The van der Waals surface area contributed by atoms with Gasteiger partial charge in [-0.1, -0.05) is 19.9 Å². The van der Waals surface area contributed by atoms with E-state index in [0.29, 0.717) is 17.4 Å². The van der Waals surface area contributed by atoms with Gasteiger partial charge in [0.25, 0.3) is 0 Å². The highest BCUT2D eigenvalue weighted by Crippen LogP contribution is 2.35. The molecule has 1 aromatic carbocycles. The van der Waals surface area contributed by atoms with E-state index < -0.39 is 5.82 Å². The Morgan fingerprint density at radius 3 is 2.67 bits per heavy atom. The molecule has 1 aliphatic rings. The summed E-state index contributed by atoms with van der Waals surface area (Å²) >= 11 is 0. The molecule has 1 saturated carbocycles. The standard InChI is InChI=1S/C15H20FNO/c1-9-6-7-11(8-10(9)2)15(18)12-4-3-5-13(16)14(12)17/h3-5,9-11H,6-8,17H2,1-2H3. The first kappa shape index (κ1) is 13.1. The lowest BCUT2D eigenvalue weighted by atomic mass is 9.73. The number of nitrogen functional groups attached to an aromatic ring is 1. The maximum Gasteiger partial charge on any atom is 0.168 e. The van der Waals surface area contributed by atoms with Gasteiger partial charge in [0, 0.05) is 11.5 Å². The average Bonchev–Trinajstić information content (AvgIpc) is 2.35. The van der Waals surface area contributed by atoms with Crippen molar-refractivity contribution in [3.05, 3.63) is 29.6 Å². The summed E-state index contributed by atoms with van der Waals surface area (Å²) in [7, 11) is 0. The number of anilines is 1. The summed E-state index contributed by atoms with van der Waals surface area (Å²) < 4.78 is 13.4. The molecule has 1 aliphatic carbocycles. The Kier molecular flexibility index (Phi) is 3.69. The van der Waals surface area contributed by atoms with E-state index in [1.807, 2.05) is 0 Å². The number of hydrogen-bond donors (Lipinski definition) is 1. The number of ketones is 1. The molecule has 3 atom stereocenters. The fourth-order valence-electron chi connectivity index (χ4n) is 2.76. The SMILES string of the molecule is CC1CCC(C(=O)c2cccc(F)c2N)CC1C. The summed E-state index contributed by atoms with van der Waals surface area (Å²) in [6, 6.07) is 4.47. The summed E-state index contributed by atoms with van der Waals surface area (Å²) in [5.41, 5.74) is 6.00. The van der Waals surface area contributed by atoms with Crippen LogP contribution < -0.4 is 5.73 Å². The molecule has 0 aromatic heterocycles. The zero-order valence-corrected chi connectivity index (χ0v) is 10.9. The highest BCUT2D eigenvalue weighted by Gasteiger charge is 2.30. The molecule has 98 valence electrons. The quantitative estimate of drug-likeness (QED) is 0.642. The first-order valence-corrected chi connectivity index (χ1v) is 6.59. The fourth-order valence-corrected chi connectivity index (χ4v) is 2.76. The Bertz CT molecular complexity index is 458. The van der Waals surface area contributed by atoms with Crippen molar-refractivity contribution in [2.24, 2.45) is 17.8 Å². The lowest BCUT2D eigenvalue weighted by Crippen LogP contribution is -2.27. The number of halogens is 1. The van der Waals surface area contributed by atoms with Gasteiger partial charge < -0.3 is 5.73 Å². The molecule has 0 amide bonds. The largest absolute Gasteiger partial charge is 0.396 e. The van der Waals surface area contributed by atoms with E-state index >= 15 is 0 Å². The third-order valence-corrected chi connectivity index (χ3v) is 4.29. The zero-order valence-electron chi connectivity index (χ0n) is 10.9. The van der Waals surface area contributed by atoms with E-state index in [9.17, 15) is 9.18 Å². The topological polar surface area (TPSA) is 43.1 Å². The van der Waals surface area contributed by atoms with Gasteiger partial charge in [0.15, 0.2) is 5.78 Å². The van der Waals surface area contributed by atoms with Crippen LogP contribution in [0, 0.1) is 23.6 Å². The normalized spacial score (nSPS) is 28.1. The van der Waals surface area contributed by atoms with Crippen molar-refractivity contribution in [2.75, 3.05) is 5.73 Å². The van der Waals surface area contributed by atoms with Crippen molar-refractivity contribution in [2.45, 2.75) is 33.1 Å². The van der Waals surface area contributed by atoms with Gasteiger partial charge in [-0.15, -0.1) is 0 Å². The van der Waals surface area contributed by atoms with Crippen molar-refractivity contribution in [1.29, 1.82) is 0 Å². The third-order valence-electron chi connectivity index (χ3n) is 4.29. The van der Waals surface area contributed by atoms with Gasteiger partial charge in [-0.3, -0.25) is 4.79 Å². The van der Waals surface area contributed by atoms with Gasteiger partial charge in [-0.25, -0.2) is 4.39 Å². The first-order chi connectivity index (χ1) is 8.50. The van der Waals surface area contributed by atoms with Crippen molar-refractivity contribution in [3.8, 4) is 0 Å². The molecule has 18 heavy (non-hydrogen) atoms. The van der Waals surface area contributed by atoms with Gasteiger partial charge in [0.05, 0.1) is 5.69 Å². The van der Waals surface area contributed by atoms with Crippen molar-refractivity contribution < 1.29 is 9.18 Å². The molecule has 0 saturated heterocycles. The van der Waals surface area contributed by atoms with Gasteiger partial charge in [-0.05, 0) is 43.2 Å². The maximum absolute atomic E-state index is 13.4. The number of benzene rings is 1. The van der Waals surface area contributed by atoms with Gasteiger partial charge in [0.1, 0.15) is 5.82 Å². The number of carbonyl (C=O) groups is 1. The maximum atomic E-state index is 13.4. The summed E-state index contributed by atoms with van der Waals surface area (Å²) in [4.78, 5) is 12.4. The second-order valence-corrected chi connectivity index (χ2v) is 5.53. The van der Waals surface area contributed by atoms with Crippen molar-refractivity contribution in [1.82, 2.24) is 0 Å². The van der Waals surface area contributed by atoms with Gasteiger partial charge >= 0.3 is 0 Å². The average molecular weight is 249 g/mol. The van der Waals surface area contributed by atoms with Crippen LogP contribution in [0.15, 0.2) is 18.2 Å². The van der Waals surface area contributed by atoms with Crippen LogP contribution in [0.4, 0.5) is 10.1 Å². The Morgan fingerprint density at radius 1 is 1.28 bits per heavy atom. The minimum absolute atomic E-state index is 0.000278. The molecule has 1 aromatic rings. The number of Topliss-reactive ketones (excluding diaryl/α,β-unsaturated/α-hetero) is 1. The molecule has 3 unspecified atom stereocenters. The first-order valence-electron chi connectivity index (χ1n) is 6.59. The Morgan fingerprint density at radius 2 is 2.00 bits per heavy atom. The van der Waals surface area contributed by atoms with Crippen molar-refractivity contribution in [3.63, 3.8) is 0 Å². The molecule has 2 rings (SSSR count). The lowest BCUT2D eigenvalue weighted by molar-refractivity contribution is 0.0838. The minimum atomic E-state index is -0.502. The predicted octanol–water partition coefficient (Wildman–Crippen LogP) is 3.66. The van der Waals surface area contributed by atoms with E-state index in [1.165, 1.54) is 6.07 Å². The molecule has 2 nitrogen and oxygen atoms in total. The lowest BCUT2D eigenvalue weighted by Gasteiger charge is -2.31. The zero-order chi connectivity index (χ0) is 13.3.